The normalized spacial score (nSPS) is 29.3. The number of nitrogen functional groups attached to an aromatic ring is 1. The van der Waals surface area contributed by atoms with Crippen LogP contribution in [0.1, 0.15) is 31.2 Å². The minimum absolute atomic E-state index is 0.181. The molecule has 19 heavy (non-hydrogen) atoms. The summed E-state index contributed by atoms with van der Waals surface area (Å²) in [7, 11) is 2.08. The van der Waals surface area contributed by atoms with Crippen LogP contribution >= 0.6 is 0 Å². The van der Waals surface area contributed by atoms with Gasteiger partial charge in [0.05, 0.1) is 0 Å². The molecule has 2 N–H and O–H groups in total. The minimum atomic E-state index is -0.181. The molecule has 2 nitrogen and oxygen atoms in total. The monoisotopic (exact) mass is 262 g/mol. The molecule has 3 atom stereocenters. The lowest BCUT2D eigenvalue weighted by molar-refractivity contribution is 0.213. The van der Waals surface area contributed by atoms with E-state index in [0.29, 0.717) is 17.8 Å². The predicted molar refractivity (Wildman–Crippen MR) is 76.1 cm³/mol. The fourth-order valence-corrected chi connectivity index (χ4v) is 4.08. The van der Waals surface area contributed by atoms with Gasteiger partial charge in [0, 0.05) is 24.3 Å². The second-order valence-corrected chi connectivity index (χ2v) is 6.44. The van der Waals surface area contributed by atoms with Gasteiger partial charge in [0.15, 0.2) is 0 Å². The molecule has 0 aliphatic heterocycles. The van der Waals surface area contributed by atoms with Crippen molar-refractivity contribution in [3.63, 3.8) is 0 Å². The molecular weight excluding hydrogens is 239 g/mol. The molecule has 2 fully saturated rings. The van der Waals surface area contributed by atoms with E-state index in [1.54, 1.807) is 12.1 Å². The molecule has 1 aromatic carbocycles. The van der Waals surface area contributed by atoms with Crippen LogP contribution in [0.2, 0.25) is 0 Å². The van der Waals surface area contributed by atoms with Crippen LogP contribution in [-0.2, 0) is 6.54 Å². The summed E-state index contributed by atoms with van der Waals surface area (Å²) in [6.07, 6.45) is 5.65. The number of halogens is 1. The molecule has 3 unspecified atom stereocenters. The van der Waals surface area contributed by atoms with E-state index in [9.17, 15) is 4.39 Å². The Kier molecular flexibility index (Phi) is 3.48. The van der Waals surface area contributed by atoms with Gasteiger partial charge in [0.1, 0.15) is 5.82 Å². The van der Waals surface area contributed by atoms with Gasteiger partial charge in [0.25, 0.3) is 0 Å². The summed E-state index contributed by atoms with van der Waals surface area (Å²) >= 11 is 0. The summed E-state index contributed by atoms with van der Waals surface area (Å²) < 4.78 is 13.8. The Morgan fingerprint density at radius 2 is 2.16 bits per heavy atom. The summed E-state index contributed by atoms with van der Waals surface area (Å²) in [4.78, 5) is 2.24. The van der Waals surface area contributed by atoms with Gasteiger partial charge < -0.3 is 10.6 Å². The largest absolute Gasteiger partial charge is 0.398 e. The van der Waals surface area contributed by atoms with Crippen LogP contribution in [0, 0.1) is 23.6 Å². The highest BCUT2D eigenvalue weighted by Crippen LogP contribution is 2.48. The Hall–Kier alpha value is -1.09. The smallest absolute Gasteiger partial charge is 0.129 e. The van der Waals surface area contributed by atoms with Crippen LogP contribution in [0.15, 0.2) is 18.2 Å². The molecular formula is C16H23FN2. The van der Waals surface area contributed by atoms with Gasteiger partial charge in [-0.3, -0.25) is 0 Å². The molecule has 2 aliphatic carbocycles. The molecule has 0 amide bonds. The molecule has 0 aromatic heterocycles. The average Bonchev–Trinajstić information content (AvgIpc) is 2.96. The highest BCUT2D eigenvalue weighted by atomic mass is 19.1. The van der Waals surface area contributed by atoms with Crippen molar-refractivity contribution in [1.82, 2.24) is 4.90 Å². The first-order valence-corrected chi connectivity index (χ1v) is 7.35. The van der Waals surface area contributed by atoms with Gasteiger partial charge in [-0.2, -0.15) is 0 Å². The first-order chi connectivity index (χ1) is 9.13. The van der Waals surface area contributed by atoms with E-state index in [4.69, 9.17) is 5.73 Å². The molecule has 3 heteroatoms. The van der Waals surface area contributed by atoms with Gasteiger partial charge in [-0.05, 0) is 56.2 Å². The van der Waals surface area contributed by atoms with E-state index in [0.717, 1.165) is 24.3 Å². The Morgan fingerprint density at radius 1 is 1.32 bits per heavy atom. The highest BCUT2D eigenvalue weighted by molar-refractivity contribution is 5.47. The maximum Gasteiger partial charge on any atom is 0.129 e. The summed E-state index contributed by atoms with van der Waals surface area (Å²) in [6.45, 7) is 1.70. The van der Waals surface area contributed by atoms with Crippen molar-refractivity contribution >= 4 is 5.69 Å². The third-order valence-electron chi connectivity index (χ3n) is 5.01. The first kappa shape index (κ1) is 12.9. The summed E-state index contributed by atoms with van der Waals surface area (Å²) in [6, 6.07) is 4.95. The minimum Gasteiger partial charge on any atom is -0.398 e. The predicted octanol–water partition coefficient (Wildman–Crippen LogP) is 3.28. The number of hydrogen-bond acceptors (Lipinski definition) is 2. The molecule has 2 saturated carbocycles. The Bertz CT molecular complexity index is 440. The maximum absolute atomic E-state index is 13.8. The van der Waals surface area contributed by atoms with Crippen molar-refractivity contribution < 1.29 is 4.39 Å². The summed E-state index contributed by atoms with van der Waals surface area (Å²) in [5.41, 5.74) is 7.09. The number of nitrogens with two attached hydrogens (primary N) is 1. The zero-order chi connectivity index (χ0) is 13.4. The van der Waals surface area contributed by atoms with Crippen molar-refractivity contribution in [1.29, 1.82) is 0 Å². The van der Waals surface area contributed by atoms with E-state index in [1.807, 2.05) is 0 Å². The Labute approximate surface area is 114 Å². The summed E-state index contributed by atoms with van der Waals surface area (Å²) in [5, 5.41) is 0. The van der Waals surface area contributed by atoms with Crippen molar-refractivity contribution in [3.05, 3.63) is 29.6 Å². The lowest BCUT2D eigenvalue weighted by Crippen LogP contribution is -2.29. The zero-order valence-corrected chi connectivity index (χ0v) is 11.6. The fourth-order valence-electron chi connectivity index (χ4n) is 4.08. The molecule has 3 rings (SSSR count). The third kappa shape index (κ3) is 2.62. The quantitative estimate of drug-likeness (QED) is 0.844. The van der Waals surface area contributed by atoms with Crippen LogP contribution in [0.5, 0.6) is 0 Å². The number of fused-ring (bicyclic) bond motifs is 2. The average molecular weight is 262 g/mol. The van der Waals surface area contributed by atoms with E-state index < -0.39 is 0 Å². The van der Waals surface area contributed by atoms with Gasteiger partial charge in [-0.15, -0.1) is 0 Å². The molecule has 0 heterocycles. The fraction of sp³-hybridized carbons (Fsp3) is 0.625. The van der Waals surface area contributed by atoms with Crippen molar-refractivity contribution in [2.45, 2.75) is 32.2 Å². The molecule has 0 saturated heterocycles. The lowest BCUT2D eigenvalue weighted by atomic mass is 9.88. The van der Waals surface area contributed by atoms with E-state index in [-0.39, 0.29) is 5.82 Å². The third-order valence-corrected chi connectivity index (χ3v) is 5.01. The summed E-state index contributed by atoms with van der Waals surface area (Å²) in [5.74, 6) is 2.53. The first-order valence-electron chi connectivity index (χ1n) is 7.35. The highest BCUT2D eigenvalue weighted by Gasteiger charge is 2.39. The number of rotatable bonds is 4. The van der Waals surface area contributed by atoms with Crippen LogP contribution < -0.4 is 5.73 Å². The molecule has 0 spiro atoms. The number of hydrogen-bond donors (Lipinski definition) is 1. The SMILES string of the molecule is CN(Cc1c(N)cccc1F)CC1CC2CCC1C2. The molecule has 2 bridgehead atoms. The molecule has 0 radical (unpaired) electrons. The standard InChI is InChI=1S/C16H23FN2/c1-19(9-13-8-11-5-6-12(13)7-11)10-14-15(17)3-2-4-16(14)18/h2-4,11-13H,5-10,18H2,1H3. The van der Waals surface area contributed by atoms with Crippen molar-refractivity contribution in [2.24, 2.45) is 17.8 Å². The van der Waals surface area contributed by atoms with Crippen LogP contribution in [-0.4, -0.2) is 18.5 Å². The molecule has 1 aromatic rings. The second kappa shape index (κ2) is 5.12. The van der Waals surface area contributed by atoms with Crippen LogP contribution in [0.3, 0.4) is 0 Å². The lowest BCUT2D eigenvalue weighted by Gasteiger charge is -2.27. The zero-order valence-electron chi connectivity index (χ0n) is 11.6. The Morgan fingerprint density at radius 3 is 2.79 bits per heavy atom. The topological polar surface area (TPSA) is 29.3 Å². The second-order valence-electron chi connectivity index (χ2n) is 6.44. The van der Waals surface area contributed by atoms with Crippen molar-refractivity contribution in [2.75, 3.05) is 19.3 Å². The van der Waals surface area contributed by atoms with Gasteiger partial charge in [-0.1, -0.05) is 12.5 Å². The number of anilines is 1. The van der Waals surface area contributed by atoms with E-state index in [1.165, 1.54) is 31.7 Å². The molecule has 2 aliphatic rings. The van der Waals surface area contributed by atoms with Gasteiger partial charge >= 0.3 is 0 Å². The maximum atomic E-state index is 13.8. The van der Waals surface area contributed by atoms with Gasteiger partial charge in [-0.25, -0.2) is 4.39 Å². The Balaban J connectivity index is 1.61. The van der Waals surface area contributed by atoms with Crippen LogP contribution in [0.25, 0.3) is 0 Å². The number of benzene rings is 1. The van der Waals surface area contributed by atoms with Gasteiger partial charge in [0.2, 0.25) is 0 Å². The molecule has 104 valence electrons. The van der Waals surface area contributed by atoms with E-state index in [2.05, 4.69) is 11.9 Å². The van der Waals surface area contributed by atoms with Crippen molar-refractivity contribution in [3.8, 4) is 0 Å². The van der Waals surface area contributed by atoms with E-state index >= 15 is 0 Å². The number of nitrogens with zero attached hydrogens (tertiary/aromatic N) is 1. The van der Waals surface area contributed by atoms with Crippen LogP contribution in [0.4, 0.5) is 10.1 Å².